The Kier molecular flexibility index (Phi) is 8.00. The fourth-order valence-electron chi connectivity index (χ4n) is 3.38. The average Bonchev–Trinajstić information content (AvgIpc) is 2.58. The summed E-state index contributed by atoms with van der Waals surface area (Å²) >= 11 is 0. The number of hydrogen-bond acceptors (Lipinski definition) is 1. The summed E-state index contributed by atoms with van der Waals surface area (Å²) in [4.78, 5) is 0. The van der Waals surface area contributed by atoms with Gasteiger partial charge in [-0.1, -0.05) is 95.0 Å². The van der Waals surface area contributed by atoms with Crippen LogP contribution in [0, 0.1) is 0 Å². The average molecular weight is 312 g/mol. The molecule has 0 atom stereocenters. The Labute approximate surface area is 141 Å². The highest BCUT2D eigenvalue weighted by Gasteiger charge is 2.06. The van der Waals surface area contributed by atoms with E-state index in [1.807, 2.05) is 12.1 Å². The standard InChI is InChI=1S/C22H32O/c1-2-3-4-5-6-7-8-9-10-11-16-21-20-15-13-12-14-19(20)17-18-22(21)23/h12-15,17-18,23H,2-11,16H2,1H3. The minimum Gasteiger partial charge on any atom is -0.508 e. The van der Waals surface area contributed by atoms with Gasteiger partial charge in [0.15, 0.2) is 0 Å². The zero-order valence-electron chi connectivity index (χ0n) is 14.7. The molecule has 0 heterocycles. The Bertz CT molecular complexity index is 573. The van der Waals surface area contributed by atoms with Gasteiger partial charge in [-0.05, 0) is 29.7 Å². The number of phenols is 1. The normalized spacial score (nSPS) is 11.2. The van der Waals surface area contributed by atoms with Crippen LogP contribution in [0.5, 0.6) is 5.75 Å². The molecule has 0 saturated heterocycles. The summed E-state index contributed by atoms with van der Waals surface area (Å²) < 4.78 is 0. The second-order valence-electron chi connectivity index (χ2n) is 6.72. The highest BCUT2D eigenvalue weighted by Crippen LogP contribution is 2.28. The van der Waals surface area contributed by atoms with E-state index in [1.165, 1.54) is 75.0 Å². The maximum Gasteiger partial charge on any atom is 0.119 e. The maximum absolute atomic E-state index is 10.2. The predicted octanol–water partition coefficient (Wildman–Crippen LogP) is 7.01. The minimum atomic E-state index is 0.458. The molecule has 0 aliphatic rings. The molecule has 0 aromatic heterocycles. The highest BCUT2D eigenvalue weighted by atomic mass is 16.3. The van der Waals surface area contributed by atoms with E-state index < -0.39 is 0 Å². The van der Waals surface area contributed by atoms with E-state index in [0.29, 0.717) is 5.75 Å². The molecule has 2 aromatic carbocycles. The van der Waals surface area contributed by atoms with Crippen molar-refractivity contribution in [2.45, 2.75) is 77.6 Å². The lowest BCUT2D eigenvalue weighted by Crippen LogP contribution is -1.90. The van der Waals surface area contributed by atoms with E-state index in [0.717, 1.165) is 12.0 Å². The number of aromatic hydroxyl groups is 1. The van der Waals surface area contributed by atoms with Gasteiger partial charge in [0.2, 0.25) is 0 Å². The van der Waals surface area contributed by atoms with Crippen molar-refractivity contribution in [2.75, 3.05) is 0 Å². The first-order valence-corrected chi connectivity index (χ1v) is 9.52. The van der Waals surface area contributed by atoms with E-state index in [4.69, 9.17) is 0 Å². The highest BCUT2D eigenvalue weighted by molar-refractivity contribution is 5.87. The Morgan fingerprint density at radius 2 is 1.30 bits per heavy atom. The van der Waals surface area contributed by atoms with Crippen LogP contribution < -0.4 is 0 Å². The van der Waals surface area contributed by atoms with Gasteiger partial charge in [-0.25, -0.2) is 0 Å². The van der Waals surface area contributed by atoms with Gasteiger partial charge in [-0.3, -0.25) is 0 Å². The van der Waals surface area contributed by atoms with Crippen LogP contribution in [0.15, 0.2) is 36.4 Å². The van der Waals surface area contributed by atoms with E-state index in [9.17, 15) is 5.11 Å². The number of rotatable bonds is 11. The zero-order chi connectivity index (χ0) is 16.3. The van der Waals surface area contributed by atoms with E-state index in [-0.39, 0.29) is 0 Å². The molecule has 126 valence electrons. The van der Waals surface area contributed by atoms with Gasteiger partial charge in [-0.15, -0.1) is 0 Å². The van der Waals surface area contributed by atoms with E-state index >= 15 is 0 Å². The number of phenolic OH excluding ortho intramolecular Hbond substituents is 1. The van der Waals surface area contributed by atoms with Gasteiger partial charge in [0.25, 0.3) is 0 Å². The molecular formula is C22H32O. The van der Waals surface area contributed by atoms with Crippen LogP contribution in [0.4, 0.5) is 0 Å². The van der Waals surface area contributed by atoms with Crippen LogP contribution in [0.25, 0.3) is 10.8 Å². The van der Waals surface area contributed by atoms with Gasteiger partial charge in [-0.2, -0.15) is 0 Å². The van der Waals surface area contributed by atoms with Crippen molar-refractivity contribution >= 4 is 10.8 Å². The summed E-state index contributed by atoms with van der Waals surface area (Å²) in [5, 5.41) is 12.6. The second kappa shape index (κ2) is 10.3. The molecule has 23 heavy (non-hydrogen) atoms. The number of aryl methyl sites for hydroxylation is 1. The van der Waals surface area contributed by atoms with Gasteiger partial charge < -0.3 is 5.11 Å². The van der Waals surface area contributed by atoms with Crippen LogP contribution in [0.1, 0.15) is 76.7 Å². The Balaban J connectivity index is 1.66. The second-order valence-corrected chi connectivity index (χ2v) is 6.72. The number of fused-ring (bicyclic) bond motifs is 1. The molecule has 0 spiro atoms. The number of hydrogen-bond donors (Lipinski definition) is 1. The monoisotopic (exact) mass is 312 g/mol. The van der Waals surface area contributed by atoms with Crippen LogP contribution in [0.3, 0.4) is 0 Å². The van der Waals surface area contributed by atoms with Crippen LogP contribution in [0.2, 0.25) is 0 Å². The lowest BCUT2D eigenvalue weighted by atomic mass is 9.98. The topological polar surface area (TPSA) is 20.2 Å². The molecule has 2 aromatic rings. The SMILES string of the molecule is CCCCCCCCCCCCc1c(O)ccc2ccccc12. The van der Waals surface area contributed by atoms with Crippen molar-refractivity contribution in [3.8, 4) is 5.75 Å². The first-order valence-electron chi connectivity index (χ1n) is 9.52. The van der Waals surface area contributed by atoms with Crippen LogP contribution in [-0.2, 0) is 6.42 Å². The third-order valence-corrected chi connectivity index (χ3v) is 4.80. The van der Waals surface area contributed by atoms with Crippen LogP contribution in [-0.4, -0.2) is 5.11 Å². The summed E-state index contributed by atoms with van der Waals surface area (Å²) in [5.74, 6) is 0.458. The molecule has 1 heteroatoms. The fourth-order valence-corrected chi connectivity index (χ4v) is 3.38. The molecular weight excluding hydrogens is 280 g/mol. The van der Waals surface area contributed by atoms with E-state index in [2.05, 4.69) is 31.2 Å². The zero-order valence-corrected chi connectivity index (χ0v) is 14.7. The van der Waals surface area contributed by atoms with Gasteiger partial charge >= 0.3 is 0 Å². The fraction of sp³-hybridized carbons (Fsp3) is 0.545. The molecule has 0 amide bonds. The van der Waals surface area contributed by atoms with Gasteiger partial charge in [0, 0.05) is 5.56 Å². The molecule has 0 radical (unpaired) electrons. The summed E-state index contributed by atoms with van der Waals surface area (Å²) in [6, 6.07) is 12.2. The largest absolute Gasteiger partial charge is 0.508 e. The molecule has 0 saturated carbocycles. The number of benzene rings is 2. The lowest BCUT2D eigenvalue weighted by Gasteiger charge is -2.09. The molecule has 0 aliphatic heterocycles. The quantitative estimate of drug-likeness (QED) is 0.442. The third kappa shape index (κ3) is 5.89. The Morgan fingerprint density at radius 3 is 2.00 bits per heavy atom. The molecule has 1 N–H and O–H groups in total. The van der Waals surface area contributed by atoms with E-state index in [1.54, 1.807) is 0 Å². The summed E-state index contributed by atoms with van der Waals surface area (Å²) in [6.07, 6.45) is 14.5. The number of unbranched alkanes of at least 4 members (excludes halogenated alkanes) is 9. The van der Waals surface area contributed by atoms with Gasteiger partial charge in [0.05, 0.1) is 0 Å². The van der Waals surface area contributed by atoms with Crippen molar-refractivity contribution in [2.24, 2.45) is 0 Å². The Hall–Kier alpha value is -1.50. The molecule has 0 fully saturated rings. The van der Waals surface area contributed by atoms with Crippen molar-refractivity contribution < 1.29 is 5.11 Å². The molecule has 0 unspecified atom stereocenters. The van der Waals surface area contributed by atoms with Crippen LogP contribution >= 0.6 is 0 Å². The first-order chi connectivity index (χ1) is 11.3. The third-order valence-electron chi connectivity index (χ3n) is 4.80. The molecule has 0 bridgehead atoms. The van der Waals surface area contributed by atoms with Crippen molar-refractivity contribution in [3.63, 3.8) is 0 Å². The lowest BCUT2D eigenvalue weighted by molar-refractivity contribution is 0.467. The van der Waals surface area contributed by atoms with Gasteiger partial charge in [0.1, 0.15) is 5.75 Å². The summed E-state index contributed by atoms with van der Waals surface area (Å²) in [7, 11) is 0. The van der Waals surface area contributed by atoms with Crippen molar-refractivity contribution in [3.05, 3.63) is 42.0 Å². The maximum atomic E-state index is 10.2. The molecule has 1 nitrogen and oxygen atoms in total. The summed E-state index contributed by atoms with van der Waals surface area (Å²) in [6.45, 7) is 2.27. The predicted molar refractivity (Wildman–Crippen MR) is 101 cm³/mol. The van der Waals surface area contributed by atoms with Crippen molar-refractivity contribution in [1.82, 2.24) is 0 Å². The minimum absolute atomic E-state index is 0.458. The molecule has 2 rings (SSSR count). The van der Waals surface area contributed by atoms with Crippen molar-refractivity contribution in [1.29, 1.82) is 0 Å². The Morgan fingerprint density at radius 1 is 0.696 bits per heavy atom. The smallest absolute Gasteiger partial charge is 0.119 e. The summed E-state index contributed by atoms with van der Waals surface area (Å²) in [5.41, 5.74) is 1.13. The first kappa shape index (κ1) is 17.8. The molecule has 0 aliphatic carbocycles.